The van der Waals surface area contributed by atoms with E-state index in [4.69, 9.17) is 11.6 Å². The highest BCUT2D eigenvalue weighted by Crippen LogP contribution is 2.34. The molecule has 4 aromatic rings. The highest BCUT2D eigenvalue weighted by atomic mass is 35.5. The molecule has 1 aromatic heterocycles. The maximum absolute atomic E-state index is 13.5. The Morgan fingerprint density at radius 1 is 1.08 bits per heavy atom. The minimum Gasteiger partial charge on any atom is -0.352 e. The number of halogens is 4. The number of alkyl halides is 3. The van der Waals surface area contributed by atoms with Gasteiger partial charge in [0.1, 0.15) is 0 Å². The normalized spacial score (nSPS) is 14.1. The van der Waals surface area contributed by atoms with E-state index in [1.54, 1.807) is 42.5 Å². The Hall–Kier alpha value is -3.85. The second-order valence-electron chi connectivity index (χ2n) is 9.76. The first kappa shape index (κ1) is 26.7. The Balaban J connectivity index is 1.37. The second-order valence-corrected chi connectivity index (χ2v) is 10.2. The molecular weight excluding hydrogens is 529 g/mol. The first-order chi connectivity index (χ1) is 18.6. The number of aromatic nitrogens is 2. The zero-order valence-corrected chi connectivity index (χ0v) is 21.9. The number of aryl methyl sites for hydroxylation is 1. The Morgan fingerprint density at radius 2 is 1.85 bits per heavy atom. The van der Waals surface area contributed by atoms with Crippen LogP contribution in [0.2, 0.25) is 5.02 Å². The molecule has 0 aliphatic heterocycles. The molecule has 2 amide bonds. The summed E-state index contributed by atoms with van der Waals surface area (Å²) in [7, 11) is 0. The maximum Gasteiger partial charge on any atom is 0.416 e. The lowest BCUT2D eigenvalue weighted by Crippen LogP contribution is -2.28. The number of hydrogen-bond donors (Lipinski definition) is 2. The average molecular weight is 555 g/mol. The number of fused-ring (bicyclic) bond motifs is 1. The van der Waals surface area contributed by atoms with Gasteiger partial charge < -0.3 is 10.6 Å². The van der Waals surface area contributed by atoms with Crippen LogP contribution in [-0.2, 0) is 17.5 Å². The van der Waals surface area contributed by atoms with E-state index in [9.17, 15) is 22.8 Å². The number of rotatable bonds is 6. The third kappa shape index (κ3) is 5.63. The molecule has 3 aromatic carbocycles. The molecule has 1 aliphatic carbocycles. The molecule has 10 heteroatoms. The molecule has 39 heavy (non-hydrogen) atoms. The summed E-state index contributed by atoms with van der Waals surface area (Å²) in [5, 5.41) is 10.9. The molecule has 5 rings (SSSR count). The van der Waals surface area contributed by atoms with Crippen molar-refractivity contribution in [3.63, 3.8) is 0 Å². The van der Waals surface area contributed by atoms with Crippen LogP contribution in [0.1, 0.15) is 52.7 Å². The minimum atomic E-state index is -4.49. The Kier molecular flexibility index (Phi) is 7.36. The molecule has 0 unspecified atom stereocenters. The quantitative estimate of drug-likeness (QED) is 0.268. The van der Waals surface area contributed by atoms with E-state index in [0.717, 1.165) is 37.3 Å². The van der Waals surface area contributed by atoms with Crippen LogP contribution in [0.5, 0.6) is 0 Å². The van der Waals surface area contributed by atoms with Crippen molar-refractivity contribution in [2.75, 3.05) is 5.32 Å². The zero-order valence-electron chi connectivity index (χ0n) is 21.1. The molecule has 1 heterocycles. The number of carbonyl (C=O) groups is 2. The van der Waals surface area contributed by atoms with Gasteiger partial charge in [-0.1, -0.05) is 42.6 Å². The SMILES string of the molecule is Cc1ccc(-n2ncc3c(NC(=O)c4cc(CNC(=O)C5CCCC5)ccc4Cl)cccc32)cc1C(F)(F)F. The Bertz CT molecular complexity index is 1560. The lowest BCUT2D eigenvalue weighted by atomic mass is 10.1. The predicted octanol–water partition coefficient (Wildman–Crippen LogP) is 7.06. The van der Waals surface area contributed by atoms with E-state index in [1.165, 1.54) is 23.9 Å². The van der Waals surface area contributed by atoms with Gasteiger partial charge in [0.15, 0.2) is 0 Å². The van der Waals surface area contributed by atoms with Crippen LogP contribution < -0.4 is 10.6 Å². The van der Waals surface area contributed by atoms with Gasteiger partial charge >= 0.3 is 6.18 Å². The van der Waals surface area contributed by atoms with Gasteiger partial charge in [0.2, 0.25) is 5.91 Å². The summed E-state index contributed by atoms with van der Waals surface area (Å²) in [4.78, 5) is 25.6. The lowest BCUT2D eigenvalue weighted by Gasteiger charge is -2.13. The van der Waals surface area contributed by atoms with Gasteiger partial charge in [-0.3, -0.25) is 9.59 Å². The minimum absolute atomic E-state index is 0.0214. The fourth-order valence-electron chi connectivity index (χ4n) is 4.98. The summed E-state index contributed by atoms with van der Waals surface area (Å²) in [5.41, 5.74) is 1.57. The number of amides is 2. The predicted molar refractivity (Wildman–Crippen MR) is 144 cm³/mol. The molecule has 0 atom stereocenters. The maximum atomic E-state index is 13.5. The fourth-order valence-corrected chi connectivity index (χ4v) is 5.18. The van der Waals surface area contributed by atoms with E-state index in [-0.39, 0.29) is 40.2 Å². The van der Waals surface area contributed by atoms with Crippen molar-refractivity contribution < 1.29 is 22.8 Å². The number of carbonyl (C=O) groups excluding carboxylic acids is 2. The van der Waals surface area contributed by atoms with Crippen LogP contribution in [0.15, 0.2) is 60.8 Å². The van der Waals surface area contributed by atoms with Crippen molar-refractivity contribution in [1.29, 1.82) is 0 Å². The average Bonchev–Trinajstić information content (AvgIpc) is 3.59. The van der Waals surface area contributed by atoms with Gasteiger partial charge in [0, 0.05) is 17.8 Å². The first-order valence-electron chi connectivity index (χ1n) is 12.6. The molecule has 0 bridgehead atoms. The van der Waals surface area contributed by atoms with Gasteiger partial charge in [-0.05, 0) is 67.3 Å². The third-order valence-electron chi connectivity index (χ3n) is 7.10. The fraction of sp³-hybridized carbons (Fsp3) is 0.276. The summed E-state index contributed by atoms with van der Waals surface area (Å²) in [5.74, 6) is -0.395. The second kappa shape index (κ2) is 10.7. The van der Waals surface area contributed by atoms with E-state index in [0.29, 0.717) is 16.6 Å². The van der Waals surface area contributed by atoms with E-state index in [2.05, 4.69) is 15.7 Å². The number of nitrogens with zero attached hydrogens (tertiary/aromatic N) is 2. The molecule has 1 fully saturated rings. The lowest BCUT2D eigenvalue weighted by molar-refractivity contribution is -0.138. The number of anilines is 1. The van der Waals surface area contributed by atoms with Gasteiger partial charge in [-0.2, -0.15) is 18.3 Å². The molecule has 1 aliphatic rings. The van der Waals surface area contributed by atoms with Crippen molar-refractivity contribution in [2.45, 2.75) is 45.3 Å². The molecule has 2 N–H and O–H groups in total. The van der Waals surface area contributed by atoms with Crippen molar-refractivity contribution in [3.05, 3.63) is 88.1 Å². The van der Waals surface area contributed by atoms with Crippen molar-refractivity contribution in [1.82, 2.24) is 15.1 Å². The molecule has 202 valence electrons. The van der Waals surface area contributed by atoms with Crippen molar-refractivity contribution in [3.8, 4) is 5.69 Å². The standard InChI is InChI=1S/C29H26ClF3N4O2/c1-17-9-11-20(14-23(17)29(31,32)33)37-26-8-4-7-25(22(26)16-35-37)36-28(39)21-13-18(10-12-24(21)30)15-34-27(38)19-5-2-3-6-19/h4,7-14,16,19H,2-3,5-6,15H2,1H3,(H,34,38)(H,36,39). The van der Waals surface area contributed by atoms with Gasteiger partial charge in [0.05, 0.1) is 39.2 Å². The summed E-state index contributed by atoms with van der Waals surface area (Å²) in [6, 6.07) is 14.1. The van der Waals surface area contributed by atoms with E-state index in [1.807, 2.05) is 0 Å². The van der Waals surface area contributed by atoms with Crippen LogP contribution in [0.3, 0.4) is 0 Å². The number of benzene rings is 3. The van der Waals surface area contributed by atoms with Crippen LogP contribution in [0.4, 0.5) is 18.9 Å². The van der Waals surface area contributed by atoms with E-state index >= 15 is 0 Å². The Morgan fingerprint density at radius 3 is 2.59 bits per heavy atom. The van der Waals surface area contributed by atoms with Crippen LogP contribution in [0.25, 0.3) is 16.6 Å². The van der Waals surface area contributed by atoms with Crippen LogP contribution in [-0.4, -0.2) is 21.6 Å². The summed E-state index contributed by atoms with van der Waals surface area (Å²) >= 11 is 6.33. The van der Waals surface area contributed by atoms with Crippen LogP contribution in [0, 0.1) is 12.8 Å². The van der Waals surface area contributed by atoms with E-state index < -0.39 is 17.6 Å². The topological polar surface area (TPSA) is 76.0 Å². The summed E-state index contributed by atoms with van der Waals surface area (Å²) in [6.07, 6.45) is 0.929. The molecule has 6 nitrogen and oxygen atoms in total. The summed E-state index contributed by atoms with van der Waals surface area (Å²) < 4.78 is 41.8. The van der Waals surface area contributed by atoms with Gasteiger partial charge in [-0.25, -0.2) is 4.68 Å². The largest absolute Gasteiger partial charge is 0.416 e. The summed E-state index contributed by atoms with van der Waals surface area (Å²) in [6.45, 7) is 1.69. The third-order valence-corrected chi connectivity index (χ3v) is 7.43. The highest BCUT2D eigenvalue weighted by molar-refractivity contribution is 6.34. The van der Waals surface area contributed by atoms with Crippen molar-refractivity contribution >= 4 is 40.0 Å². The smallest absolute Gasteiger partial charge is 0.352 e. The first-order valence-corrected chi connectivity index (χ1v) is 13.0. The molecular formula is C29H26ClF3N4O2. The monoisotopic (exact) mass is 554 g/mol. The van der Waals surface area contributed by atoms with Crippen molar-refractivity contribution in [2.24, 2.45) is 5.92 Å². The number of nitrogens with one attached hydrogen (secondary N) is 2. The highest BCUT2D eigenvalue weighted by Gasteiger charge is 2.32. The number of hydrogen-bond acceptors (Lipinski definition) is 3. The molecule has 0 spiro atoms. The van der Waals surface area contributed by atoms with Gasteiger partial charge in [-0.15, -0.1) is 0 Å². The van der Waals surface area contributed by atoms with Gasteiger partial charge in [0.25, 0.3) is 5.91 Å². The van der Waals surface area contributed by atoms with Crippen LogP contribution >= 0.6 is 11.6 Å². The molecule has 0 radical (unpaired) electrons. The Labute approximate surface area is 228 Å². The zero-order chi connectivity index (χ0) is 27.7. The molecule has 1 saturated carbocycles. The molecule has 0 saturated heterocycles.